The van der Waals surface area contributed by atoms with Crippen LogP contribution >= 0.6 is 11.3 Å². The van der Waals surface area contributed by atoms with E-state index in [0.29, 0.717) is 0 Å². The fourth-order valence-corrected chi connectivity index (χ4v) is 2.14. The van der Waals surface area contributed by atoms with Crippen LogP contribution in [0.1, 0.15) is 24.5 Å². The van der Waals surface area contributed by atoms with E-state index >= 15 is 0 Å². The Morgan fingerprint density at radius 1 is 1.15 bits per heavy atom. The topological polar surface area (TPSA) is 25.8 Å². The Hall–Kier alpha value is -0.960. The molecule has 0 aliphatic carbocycles. The molecule has 0 saturated heterocycles. The Morgan fingerprint density at radius 3 is 2.69 bits per heavy atom. The zero-order chi connectivity index (χ0) is 9.26. The minimum Gasteiger partial charge on any atom is -0.240 e. The highest BCUT2D eigenvalue weighted by Crippen LogP contribution is 2.20. The fraction of sp³-hybridized carbons (Fsp3) is 0.400. The standard InChI is InChI=1S/C10H12N2S/c1-3-7-5-6-8-10(11-7)13-9(4-2)12-8/h5-6H,3-4H2,1-2H3. The molecule has 0 aromatic carbocycles. The summed E-state index contributed by atoms with van der Waals surface area (Å²) in [5.41, 5.74) is 2.19. The van der Waals surface area contributed by atoms with E-state index in [1.807, 2.05) is 0 Å². The summed E-state index contributed by atoms with van der Waals surface area (Å²) in [6.07, 6.45) is 2.00. The lowest BCUT2D eigenvalue weighted by molar-refractivity contribution is 1.06. The van der Waals surface area contributed by atoms with E-state index in [2.05, 4.69) is 35.9 Å². The van der Waals surface area contributed by atoms with Crippen molar-refractivity contribution in [1.82, 2.24) is 9.97 Å². The highest BCUT2D eigenvalue weighted by atomic mass is 32.1. The van der Waals surface area contributed by atoms with Crippen molar-refractivity contribution in [2.45, 2.75) is 26.7 Å². The van der Waals surface area contributed by atoms with Gasteiger partial charge in [-0.3, -0.25) is 0 Å². The highest BCUT2D eigenvalue weighted by Gasteiger charge is 2.03. The number of rotatable bonds is 2. The summed E-state index contributed by atoms with van der Waals surface area (Å²) >= 11 is 1.70. The van der Waals surface area contributed by atoms with Crippen LogP contribution in [0, 0.1) is 0 Å². The van der Waals surface area contributed by atoms with E-state index in [1.54, 1.807) is 11.3 Å². The molecular formula is C10H12N2S. The third-order valence-electron chi connectivity index (χ3n) is 2.02. The van der Waals surface area contributed by atoms with Gasteiger partial charge in [0.1, 0.15) is 10.3 Å². The molecule has 3 heteroatoms. The number of pyridine rings is 1. The number of fused-ring (bicyclic) bond motifs is 1. The Balaban J connectivity index is 2.57. The maximum Gasteiger partial charge on any atom is 0.143 e. The number of hydrogen-bond donors (Lipinski definition) is 0. The van der Waals surface area contributed by atoms with Gasteiger partial charge in [0, 0.05) is 5.69 Å². The Morgan fingerprint density at radius 2 is 2.00 bits per heavy atom. The maximum atomic E-state index is 4.52. The van der Waals surface area contributed by atoms with Crippen molar-refractivity contribution < 1.29 is 0 Å². The molecule has 68 valence electrons. The third-order valence-corrected chi connectivity index (χ3v) is 3.13. The molecule has 0 aliphatic rings. The van der Waals surface area contributed by atoms with Crippen LogP contribution in [0.4, 0.5) is 0 Å². The molecule has 0 radical (unpaired) electrons. The minimum absolute atomic E-state index is 0.995. The molecular weight excluding hydrogens is 180 g/mol. The van der Waals surface area contributed by atoms with Crippen molar-refractivity contribution in [3.63, 3.8) is 0 Å². The maximum absolute atomic E-state index is 4.52. The van der Waals surface area contributed by atoms with Gasteiger partial charge < -0.3 is 0 Å². The predicted octanol–water partition coefficient (Wildman–Crippen LogP) is 2.82. The number of thiazole rings is 1. The molecule has 13 heavy (non-hydrogen) atoms. The minimum atomic E-state index is 0.995. The van der Waals surface area contributed by atoms with Gasteiger partial charge in [-0.2, -0.15) is 0 Å². The summed E-state index contributed by atoms with van der Waals surface area (Å²) in [6, 6.07) is 4.12. The SMILES string of the molecule is CCc1ccc2nc(CC)sc2n1. The van der Waals surface area contributed by atoms with Crippen LogP contribution in [-0.2, 0) is 12.8 Å². The van der Waals surface area contributed by atoms with E-state index in [9.17, 15) is 0 Å². The van der Waals surface area contributed by atoms with Gasteiger partial charge in [0.2, 0.25) is 0 Å². The molecule has 0 amide bonds. The lowest BCUT2D eigenvalue weighted by Crippen LogP contribution is -1.84. The van der Waals surface area contributed by atoms with Gasteiger partial charge in [0.25, 0.3) is 0 Å². The van der Waals surface area contributed by atoms with Gasteiger partial charge in [-0.25, -0.2) is 9.97 Å². The largest absolute Gasteiger partial charge is 0.240 e. The van der Waals surface area contributed by atoms with Crippen LogP contribution < -0.4 is 0 Å². The highest BCUT2D eigenvalue weighted by molar-refractivity contribution is 7.18. The summed E-state index contributed by atoms with van der Waals surface area (Å²) in [4.78, 5) is 10.1. The van der Waals surface area contributed by atoms with Gasteiger partial charge in [0.05, 0.1) is 5.01 Å². The third kappa shape index (κ3) is 1.56. The average molecular weight is 192 g/mol. The summed E-state index contributed by atoms with van der Waals surface area (Å²) < 4.78 is 0. The molecule has 0 spiro atoms. The van der Waals surface area contributed by atoms with E-state index in [1.165, 1.54) is 5.01 Å². The summed E-state index contributed by atoms with van der Waals surface area (Å²) in [6.45, 7) is 4.24. The molecule has 0 unspecified atom stereocenters. The molecule has 2 rings (SSSR count). The van der Waals surface area contributed by atoms with Gasteiger partial charge in [-0.1, -0.05) is 25.2 Å². The lowest BCUT2D eigenvalue weighted by Gasteiger charge is -1.92. The monoisotopic (exact) mass is 192 g/mol. The molecule has 2 nitrogen and oxygen atoms in total. The molecule has 0 atom stereocenters. The summed E-state index contributed by atoms with van der Waals surface area (Å²) in [7, 11) is 0. The number of aromatic nitrogens is 2. The van der Waals surface area contributed by atoms with Gasteiger partial charge >= 0.3 is 0 Å². The quantitative estimate of drug-likeness (QED) is 0.731. The van der Waals surface area contributed by atoms with Gasteiger partial charge in [-0.05, 0) is 25.0 Å². The first-order valence-electron chi connectivity index (χ1n) is 4.58. The molecule has 2 heterocycles. The summed E-state index contributed by atoms with van der Waals surface area (Å²) in [5.74, 6) is 0. The van der Waals surface area contributed by atoms with Crippen molar-refractivity contribution in [1.29, 1.82) is 0 Å². The number of hydrogen-bond acceptors (Lipinski definition) is 3. The first-order chi connectivity index (χ1) is 6.33. The van der Waals surface area contributed by atoms with E-state index in [0.717, 1.165) is 28.9 Å². The predicted molar refractivity (Wildman–Crippen MR) is 56.2 cm³/mol. The van der Waals surface area contributed by atoms with E-state index in [-0.39, 0.29) is 0 Å². The van der Waals surface area contributed by atoms with Crippen LogP contribution in [0.5, 0.6) is 0 Å². The van der Waals surface area contributed by atoms with Crippen molar-refractivity contribution in [3.05, 3.63) is 22.8 Å². The molecule has 2 aromatic rings. The van der Waals surface area contributed by atoms with E-state index in [4.69, 9.17) is 0 Å². The first kappa shape index (κ1) is 8.63. The number of aryl methyl sites for hydroxylation is 2. The van der Waals surface area contributed by atoms with Crippen LogP contribution in [0.25, 0.3) is 10.3 Å². The molecule has 0 fully saturated rings. The molecule has 0 aliphatic heterocycles. The van der Waals surface area contributed by atoms with Crippen LogP contribution in [0.3, 0.4) is 0 Å². The van der Waals surface area contributed by atoms with Crippen molar-refractivity contribution in [3.8, 4) is 0 Å². The second-order valence-corrected chi connectivity index (χ2v) is 4.00. The van der Waals surface area contributed by atoms with Gasteiger partial charge in [0.15, 0.2) is 0 Å². The second kappa shape index (κ2) is 3.42. The summed E-state index contributed by atoms with van der Waals surface area (Å²) in [5, 5.41) is 1.18. The van der Waals surface area contributed by atoms with Crippen LogP contribution in [0.2, 0.25) is 0 Å². The fourth-order valence-electron chi connectivity index (χ4n) is 1.25. The van der Waals surface area contributed by atoms with Crippen molar-refractivity contribution >= 4 is 21.7 Å². The normalized spacial score (nSPS) is 10.9. The number of nitrogens with zero attached hydrogens (tertiary/aromatic N) is 2. The first-order valence-corrected chi connectivity index (χ1v) is 5.40. The molecule has 0 bridgehead atoms. The smallest absolute Gasteiger partial charge is 0.143 e. The zero-order valence-corrected chi connectivity index (χ0v) is 8.69. The molecule has 0 saturated carbocycles. The molecule has 2 aromatic heterocycles. The Bertz CT molecular complexity index is 418. The Labute approximate surface area is 81.7 Å². The van der Waals surface area contributed by atoms with E-state index < -0.39 is 0 Å². The molecule has 0 N–H and O–H groups in total. The van der Waals surface area contributed by atoms with Gasteiger partial charge in [-0.15, -0.1) is 0 Å². The van der Waals surface area contributed by atoms with Crippen molar-refractivity contribution in [2.24, 2.45) is 0 Å². The second-order valence-electron chi connectivity index (χ2n) is 2.94. The van der Waals surface area contributed by atoms with Crippen molar-refractivity contribution in [2.75, 3.05) is 0 Å². The average Bonchev–Trinajstić information content (AvgIpc) is 2.58. The van der Waals surface area contributed by atoms with Crippen LogP contribution in [0.15, 0.2) is 12.1 Å². The zero-order valence-electron chi connectivity index (χ0n) is 7.87. The lowest BCUT2D eigenvalue weighted by atomic mass is 10.3. The Kier molecular flexibility index (Phi) is 2.27. The van der Waals surface area contributed by atoms with Crippen LogP contribution in [-0.4, -0.2) is 9.97 Å².